The van der Waals surface area contributed by atoms with Gasteiger partial charge in [-0.2, -0.15) is 0 Å². The third kappa shape index (κ3) is 3.98. The Labute approximate surface area is 129 Å². The number of carbonyl (C=O) groups excluding carboxylic acids is 1. The fraction of sp³-hybridized carbons (Fsp3) is 0.500. The van der Waals surface area contributed by atoms with Gasteiger partial charge in [0.05, 0.1) is 20.3 Å². The van der Waals surface area contributed by atoms with Gasteiger partial charge in [-0.05, 0) is 23.6 Å². The molecule has 1 N–H and O–H groups in total. The van der Waals surface area contributed by atoms with Crippen LogP contribution in [0, 0.1) is 0 Å². The van der Waals surface area contributed by atoms with E-state index in [4.69, 9.17) is 14.6 Å². The smallest absolute Gasteiger partial charge is 0.334 e. The van der Waals surface area contributed by atoms with Crippen LogP contribution in [0.1, 0.15) is 24.8 Å². The van der Waals surface area contributed by atoms with Crippen LogP contribution in [0.2, 0.25) is 0 Å². The molecule has 1 fully saturated rings. The molecule has 0 saturated carbocycles. The van der Waals surface area contributed by atoms with Crippen molar-refractivity contribution in [3.05, 3.63) is 29.8 Å². The molecule has 0 aromatic heterocycles. The molecule has 1 heterocycles. The molecule has 1 aromatic rings. The number of carbonyl (C=O) groups is 2. The maximum Gasteiger partial charge on any atom is 0.334 e. The topological polar surface area (TPSA) is 76.1 Å². The lowest BCUT2D eigenvalue weighted by molar-refractivity contribution is -0.159. The first-order valence-electron chi connectivity index (χ1n) is 7.27. The highest BCUT2D eigenvalue weighted by Gasteiger charge is 2.29. The molecule has 1 amide bonds. The van der Waals surface area contributed by atoms with Gasteiger partial charge < -0.3 is 19.5 Å². The molecule has 1 aliphatic rings. The van der Waals surface area contributed by atoms with Crippen LogP contribution >= 0.6 is 0 Å². The second-order valence-electron chi connectivity index (χ2n) is 5.42. The van der Waals surface area contributed by atoms with Crippen molar-refractivity contribution in [1.29, 1.82) is 0 Å². The monoisotopic (exact) mass is 307 g/mol. The maximum absolute atomic E-state index is 12.3. The molecule has 0 aliphatic carbocycles. The summed E-state index contributed by atoms with van der Waals surface area (Å²) in [5.74, 6) is -0.233. The highest BCUT2D eigenvalue weighted by Crippen LogP contribution is 2.23. The summed E-state index contributed by atoms with van der Waals surface area (Å²) in [4.78, 5) is 24.8. The van der Waals surface area contributed by atoms with Crippen molar-refractivity contribution in [3.8, 4) is 5.75 Å². The molecule has 0 radical (unpaired) electrons. The lowest BCUT2D eigenvalue weighted by atomic mass is 9.97. The molecule has 2 rings (SSSR count). The number of morpholine rings is 1. The molecular formula is C16H21NO5. The molecule has 22 heavy (non-hydrogen) atoms. The minimum Gasteiger partial charge on any atom is -0.497 e. The number of carboxylic acid groups (broad SMARTS) is 1. The highest BCUT2D eigenvalue weighted by atomic mass is 16.5. The summed E-state index contributed by atoms with van der Waals surface area (Å²) in [7, 11) is 1.61. The summed E-state index contributed by atoms with van der Waals surface area (Å²) >= 11 is 0. The summed E-state index contributed by atoms with van der Waals surface area (Å²) in [6, 6.07) is 7.61. The van der Waals surface area contributed by atoms with Gasteiger partial charge in [0.2, 0.25) is 5.91 Å². The van der Waals surface area contributed by atoms with Crippen LogP contribution in [-0.2, 0) is 14.3 Å². The van der Waals surface area contributed by atoms with Crippen molar-refractivity contribution in [2.24, 2.45) is 0 Å². The van der Waals surface area contributed by atoms with E-state index in [-0.39, 0.29) is 25.0 Å². The van der Waals surface area contributed by atoms with Crippen LogP contribution in [0.15, 0.2) is 24.3 Å². The van der Waals surface area contributed by atoms with Gasteiger partial charge in [-0.25, -0.2) is 4.79 Å². The average molecular weight is 307 g/mol. The molecule has 0 spiro atoms. The largest absolute Gasteiger partial charge is 0.497 e. The van der Waals surface area contributed by atoms with Crippen molar-refractivity contribution in [2.45, 2.75) is 25.4 Å². The van der Waals surface area contributed by atoms with Crippen molar-refractivity contribution < 1.29 is 24.2 Å². The zero-order chi connectivity index (χ0) is 16.1. The number of aliphatic carboxylic acids is 1. The van der Waals surface area contributed by atoms with Crippen LogP contribution in [0.4, 0.5) is 0 Å². The number of hydrogen-bond donors (Lipinski definition) is 1. The maximum atomic E-state index is 12.3. The predicted octanol–water partition coefficient (Wildman–Crippen LogP) is 1.50. The van der Waals surface area contributed by atoms with E-state index in [0.717, 1.165) is 11.3 Å². The van der Waals surface area contributed by atoms with Crippen LogP contribution in [0.5, 0.6) is 5.75 Å². The summed E-state index contributed by atoms with van der Waals surface area (Å²) in [5.41, 5.74) is 1.05. The van der Waals surface area contributed by atoms with E-state index in [1.165, 1.54) is 0 Å². The van der Waals surface area contributed by atoms with Crippen LogP contribution in [0.3, 0.4) is 0 Å². The molecule has 0 bridgehead atoms. The van der Waals surface area contributed by atoms with Crippen LogP contribution in [-0.4, -0.2) is 54.8 Å². The first-order chi connectivity index (χ1) is 10.5. The van der Waals surface area contributed by atoms with Gasteiger partial charge in [0, 0.05) is 13.0 Å². The Morgan fingerprint density at radius 1 is 1.41 bits per heavy atom. The second kappa shape index (κ2) is 7.26. The van der Waals surface area contributed by atoms with Gasteiger partial charge in [0.15, 0.2) is 6.10 Å². The van der Waals surface area contributed by atoms with E-state index < -0.39 is 12.1 Å². The molecule has 1 aromatic carbocycles. The number of ether oxygens (including phenoxy) is 2. The average Bonchev–Trinajstić information content (AvgIpc) is 2.54. The number of amides is 1. The van der Waals surface area contributed by atoms with E-state index in [1.54, 1.807) is 12.0 Å². The number of nitrogens with zero attached hydrogens (tertiary/aromatic N) is 1. The van der Waals surface area contributed by atoms with Gasteiger partial charge in [-0.3, -0.25) is 4.79 Å². The third-order valence-corrected chi connectivity index (χ3v) is 3.86. The lowest BCUT2D eigenvalue weighted by Crippen LogP contribution is -2.48. The number of rotatable bonds is 5. The fourth-order valence-corrected chi connectivity index (χ4v) is 2.47. The number of benzene rings is 1. The Bertz CT molecular complexity index is 528. The molecule has 2 atom stereocenters. The first-order valence-corrected chi connectivity index (χ1v) is 7.27. The Kier molecular flexibility index (Phi) is 5.38. The lowest BCUT2D eigenvalue weighted by Gasteiger charge is -2.31. The third-order valence-electron chi connectivity index (χ3n) is 3.86. The van der Waals surface area contributed by atoms with E-state index in [9.17, 15) is 9.59 Å². The fourth-order valence-electron chi connectivity index (χ4n) is 2.47. The summed E-state index contributed by atoms with van der Waals surface area (Å²) in [6.45, 7) is 2.80. The molecule has 1 aliphatic heterocycles. The van der Waals surface area contributed by atoms with Crippen LogP contribution in [0.25, 0.3) is 0 Å². The predicted molar refractivity (Wildman–Crippen MR) is 80.0 cm³/mol. The van der Waals surface area contributed by atoms with Gasteiger partial charge in [-0.15, -0.1) is 0 Å². The van der Waals surface area contributed by atoms with Gasteiger partial charge in [0.1, 0.15) is 5.75 Å². The minimum atomic E-state index is -1.03. The summed E-state index contributed by atoms with van der Waals surface area (Å²) in [6.07, 6.45) is -0.576. The van der Waals surface area contributed by atoms with Gasteiger partial charge >= 0.3 is 5.97 Å². The quantitative estimate of drug-likeness (QED) is 0.892. The highest BCUT2D eigenvalue weighted by molar-refractivity contribution is 5.79. The van der Waals surface area contributed by atoms with E-state index in [0.29, 0.717) is 13.0 Å². The SMILES string of the molecule is COc1ccc([C@@H](C)CC(=O)N2CCO[C@@H](C(=O)O)C2)cc1. The van der Waals surface area contributed by atoms with Crippen molar-refractivity contribution >= 4 is 11.9 Å². The second-order valence-corrected chi connectivity index (χ2v) is 5.42. The number of methoxy groups -OCH3 is 1. The van der Waals surface area contributed by atoms with Crippen molar-refractivity contribution in [1.82, 2.24) is 4.90 Å². The standard InChI is InChI=1S/C16H21NO5/c1-11(12-3-5-13(21-2)6-4-12)9-15(18)17-7-8-22-14(10-17)16(19)20/h3-6,11,14H,7-10H2,1-2H3,(H,19,20)/t11-,14+/m0/s1. The van der Waals surface area contributed by atoms with E-state index in [2.05, 4.69) is 0 Å². The van der Waals surface area contributed by atoms with Gasteiger partial charge in [0.25, 0.3) is 0 Å². The molecule has 6 nitrogen and oxygen atoms in total. The van der Waals surface area contributed by atoms with Gasteiger partial charge in [-0.1, -0.05) is 19.1 Å². The van der Waals surface area contributed by atoms with E-state index in [1.807, 2.05) is 31.2 Å². The normalized spacial score (nSPS) is 19.5. The Morgan fingerprint density at radius 2 is 2.09 bits per heavy atom. The number of hydrogen-bond acceptors (Lipinski definition) is 4. The first kappa shape index (κ1) is 16.3. The zero-order valence-electron chi connectivity index (χ0n) is 12.8. The summed E-state index contributed by atoms with van der Waals surface area (Å²) < 4.78 is 10.2. The molecule has 120 valence electrons. The van der Waals surface area contributed by atoms with E-state index >= 15 is 0 Å². The minimum absolute atomic E-state index is 0.0436. The zero-order valence-corrected chi connectivity index (χ0v) is 12.8. The molecule has 0 unspecified atom stereocenters. The molecule has 6 heteroatoms. The number of carboxylic acids is 1. The summed E-state index contributed by atoms with van der Waals surface area (Å²) in [5, 5.41) is 8.97. The van der Waals surface area contributed by atoms with Crippen molar-refractivity contribution in [2.75, 3.05) is 26.8 Å². The Hall–Kier alpha value is -2.08. The molecule has 1 saturated heterocycles. The van der Waals surface area contributed by atoms with Crippen molar-refractivity contribution in [3.63, 3.8) is 0 Å². The molecular weight excluding hydrogens is 286 g/mol. The van der Waals surface area contributed by atoms with Crippen LogP contribution < -0.4 is 4.74 Å². The Balaban J connectivity index is 1.93. The Morgan fingerprint density at radius 3 is 2.68 bits per heavy atom.